The molecule has 1 amide bonds. The average Bonchev–Trinajstić information content (AvgIpc) is 2.33. The van der Waals surface area contributed by atoms with Crippen molar-refractivity contribution < 1.29 is 18.3 Å². The minimum Gasteiger partial charge on any atom is -0.364 e. The number of amides is 1. The van der Waals surface area contributed by atoms with Crippen LogP contribution in [0, 0.1) is 17.6 Å². The normalized spacial score (nSPS) is 12.5. The van der Waals surface area contributed by atoms with Crippen LogP contribution in [0.3, 0.4) is 0 Å². The summed E-state index contributed by atoms with van der Waals surface area (Å²) in [6, 6.07) is 3.21. The largest absolute Gasteiger partial charge is 0.364 e. The van der Waals surface area contributed by atoms with E-state index in [-0.39, 0.29) is 18.4 Å². The van der Waals surface area contributed by atoms with Gasteiger partial charge in [-0.2, -0.15) is 0 Å². The number of likely N-dealkylation sites (N-methyl/N-ethyl adjacent to an activating group) is 1. The van der Waals surface area contributed by atoms with Crippen LogP contribution in [0.4, 0.5) is 8.78 Å². The van der Waals surface area contributed by atoms with Gasteiger partial charge in [0.25, 0.3) is 0 Å². The zero-order chi connectivity index (χ0) is 15.1. The first-order valence-corrected chi connectivity index (χ1v) is 6.76. The molecular formula is C15H21F2NO2. The molecule has 20 heavy (non-hydrogen) atoms. The third kappa shape index (κ3) is 5.65. The van der Waals surface area contributed by atoms with E-state index < -0.39 is 17.7 Å². The van der Waals surface area contributed by atoms with E-state index in [9.17, 15) is 13.6 Å². The van der Waals surface area contributed by atoms with Crippen molar-refractivity contribution >= 4 is 5.91 Å². The van der Waals surface area contributed by atoms with Crippen molar-refractivity contribution in [1.82, 2.24) is 5.32 Å². The second-order valence-electron chi connectivity index (χ2n) is 5.10. The Labute approximate surface area is 118 Å². The second-order valence-corrected chi connectivity index (χ2v) is 5.10. The lowest BCUT2D eigenvalue weighted by molar-refractivity contribution is -0.134. The first-order valence-electron chi connectivity index (χ1n) is 6.76. The van der Waals surface area contributed by atoms with Crippen LogP contribution in [0.25, 0.3) is 0 Å². The molecule has 1 rings (SSSR count). The van der Waals surface area contributed by atoms with E-state index in [0.717, 1.165) is 6.07 Å². The fourth-order valence-corrected chi connectivity index (χ4v) is 1.86. The molecule has 0 saturated heterocycles. The molecule has 0 aliphatic rings. The van der Waals surface area contributed by atoms with E-state index in [0.29, 0.717) is 18.5 Å². The highest BCUT2D eigenvalue weighted by molar-refractivity contribution is 5.80. The van der Waals surface area contributed by atoms with Gasteiger partial charge in [-0.25, -0.2) is 8.78 Å². The van der Waals surface area contributed by atoms with E-state index >= 15 is 0 Å². The lowest BCUT2D eigenvalue weighted by atomic mass is 10.1. The maximum atomic E-state index is 13.1. The van der Waals surface area contributed by atoms with Gasteiger partial charge in [-0.15, -0.1) is 0 Å². The molecule has 0 radical (unpaired) electrons. The Balaban J connectivity index is 2.67. The molecule has 3 nitrogen and oxygen atoms in total. The van der Waals surface area contributed by atoms with E-state index in [2.05, 4.69) is 5.32 Å². The summed E-state index contributed by atoms with van der Waals surface area (Å²) in [6.07, 6.45) is -0.0508. The summed E-state index contributed by atoms with van der Waals surface area (Å²) in [6.45, 7) is 6.32. The summed E-state index contributed by atoms with van der Waals surface area (Å²) in [5.41, 5.74) is 0.376. The first kappa shape index (κ1) is 16.6. The summed E-state index contributed by atoms with van der Waals surface area (Å²) >= 11 is 0. The third-order valence-electron chi connectivity index (χ3n) is 2.70. The Bertz CT molecular complexity index is 429. The number of hydrogen-bond acceptors (Lipinski definition) is 2. The maximum absolute atomic E-state index is 13.1. The highest BCUT2D eigenvalue weighted by Crippen LogP contribution is 2.14. The minimum atomic E-state index is -0.651. The molecule has 0 aromatic heterocycles. The summed E-state index contributed by atoms with van der Waals surface area (Å²) < 4.78 is 31.7. The Morgan fingerprint density at radius 3 is 2.35 bits per heavy atom. The first-order chi connectivity index (χ1) is 9.42. The lowest BCUT2D eigenvalue weighted by Gasteiger charge is -2.19. The third-order valence-corrected chi connectivity index (χ3v) is 2.70. The molecule has 112 valence electrons. The topological polar surface area (TPSA) is 38.3 Å². The monoisotopic (exact) mass is 285 g/mol. The predicted octanol–water partition coefficient (Wildman–Crippen LogP) is 3.03. The molecule has 0 saturated carbocycles. The number of carbonyl (C=O) groups excluding carboxylic acids is 1. The van der Waals surface area contributed by atoms with E-state index in [1.165, 1.54) is 12.1 Å². The summed E-state index contributed by atoms with van der Waals surface area (Å²) in [7, 11) is 0. The summed E-state index contributed by atoms with van der Waals surface area (Å²) in [5.74, 6) is -1.21. The van der Waals surface area contributed by atoms with Crippen molar-refractivity contribution in [3.63, 3.8) is 0 Å². The standard InChI is InChI=1S/C15H21F2NO2/c1-4-18-15(19)14(5-10(2)3)20-9-11-6-12(16)8-13(17)7-11/h6-8,10,14H,4-5,9H2,1-3H3,(H,18,19). The van der Waals surface area contributed by atoms with Crippen LogP contribution in [-0.4, -0.2) is 18.6 Å². The highest BCUT2D eigenvalue weighted by Gasteiger charge is 2.20. The zero-order valence-corrected chi connectivity index (χ0v) is 12.1. The zero-order valence-electron chi connectivity index (χ0n) is 12.1. The van der Waals surface area contributed by atoms with Crippen molar-refractivity contribution in [2.75, 3.05) is 6.54 Å². The number of ether oxygens (including phenoxy) is 1. The molecule has 1 N–H and O–H groups in total. The van der Waals surface area contributed by atoms with Crippen molar-refractivity contribution in [3.05, 3.63) is 35.4 Å². The average molecular weight is 285 g/mol. The van der Waals surface area contributed by atoms with Gasteiger partial charge < -0.3 is 10.1 Å². The Kier molecular flexibility index (Phi) is 6.58. The molecule has 0 bridgehead atoms. The number of hydrogen-bond donors (Lipinski definition) is 1. The quantitative estimate of drug-likeness (QED) is 0.836. The molecule has 5 heteroatoms. The van der Waals surface area contributed by atoms with Crippen LogP contribution >= 0.6 is 0 Å². The Morgan fingerprint density at radius 2 is 1.85 bits per heavy atom. The number of rotatable bonds is 7. The molecule has 0 aliphatic carbocycles. The summed E-state index contributed by atoms with van der Waals surface area (Å²) in [4.78, 5) is 11.8. The number of halogens is 2. The van der Waals surface area contributed by atoms with Gasteiger partial charge in [0.05, 0.1) is 6.61 Å². The number of carbonyl (C=O) groups is 1. The molecular weight excluding hydrogens is 264 g/mol. The van der Waals surface area contributed by atoms with Gasteiger partial charge in [-0.05, 0) is 37.0 Å². The highest BCUT2D eigenvalue weighted by atomic mass is 19.1. The van der Waals surface area contributed by atoms with Gasteiger partial charge in [0.15, 0.2) is 0 Å². The van der Waals surface area contributed by atoms with Gasteiger partial charge in [0, 0.05) is 12.6 Å². The van der Waals surface area contributed by atoms with Gasteiger partial charge in [-0.3, -0.25) is 4.79 Å². The van der Waals surface area contributed by atoms with E-state index in [1.54, 1.807) is 0 Å². The Morgan fingerprint density at radius 1 is 1.25 bits per heavy atom. The van der Waals surface area contributed by atoms with Crippen LogP contribution in [0.5, 0.6) is 0 Å². The molecule has 0 fully saturated rings. The van der Waals surface area contributed by atoms with Crippen LogP contribution in [0.2, 0.25) is 0 Å². The van der Waals surface area contributed by atoms with Crippen molar-refractivity contribution in [3.8, 4) is 0 Å². The van der Waals surface area contributed by atoms with Crippen molar-refractivity contribution in [2.45, 2.75) is 39.9 Å². The number of nitrogens with one attached hydrogen (secondary N) is 1. The van der Waals surface area contributed by atoms with Crippen LogP contribution < -0.4 is 5.32 Å². The number of benzene rings is 1. The maximum Gasteiger partial charge on any atom is 0.249 e. The summed E-state index contributed by atoms with van der Waals surface area (Å²) in [5, 5.41) is 2.70. The van der Waals surface area contributed by atoms with Crippen molar-refractivity contribution in [1.29, 1.82) is 0 Å². The molecule has 1 aromatic carbocycles. The van der Waals surface area contributed by atoms with Crippen molar-refractivity contribution in [2.24, 2.45) is 5.92 Å². The minimum absolute atomic E-state index is 0.00318. The fourth-order valence-electron chi connectivity index (χ4n) is 1.86. The van der Waals surface area contributed by atoms with E-state index in [4.69, 9.17) is 4.74 Å². The SMILES string of the molecule is CCNC(=O)C(CC(C)C)OCc1cc(F)cc(F)c1. The smallest absolute Gasteiger partial charge is 0.249 e. The molecule has 0 spiro atoms. The molecule has 0 heterocycles. The second kappa shape index (κ2) is 7.94. The van der Waals surface area contributed by atoms with Crippen LogP contribution in [-0.2, 0) is 16.1 Å². The van der Waals surface area contributed by atoms with Crippen LogP contribution in [0.1, 0.15) is 32.8 Å². The van der Waals surface area contributed by atoms with Gasteiger partial charge in [0.2, 0.25) is 5.91 Å². The molecule has 1 unspecified atom stereocenters. The van der Waals surface area contributed by atoms with Crippen LogP contribution in [0.15, 0.2) is 18.2 Å². The molecule has 0 aliphatic heterocycles. The fraction of sp³-hybridized carbons (Fsp3) is 0.533. The lowest BCUT2D eigenvalue weighted by Crippen LogP contribution is -2.37. The van der Waals surface area contributed by atoms with Gasteiger partial charge >= 0.3 is 0 Å². The molecule has 1 atom stereocenters. The Hall–Kier alpha value is -1.49. The molecule has 1 aromatic rings. The van der Waals surface area contributed by atoms with Gasteiger partial charge in [0.1, 0.15) is 17.7 Å². The van der Waals surface area contributed by atoms with Gasteiger partial charge in [-0.1, -0.05) is 13.8 Å². The predicted molar refractivity (Wildman–Crippen MR) is 73.1 cm³/mol. The van der Waals surface area contributed by atoms with E-state index in [1.807, 2.05) is 20.8 Å².